The second-order valence-corrected chi connectivity index (χ2v) is 4.61. The molecule has 119 valence electrons. The summed E-state index contributed by atoms with van der Waals surface area (Å²) in [5.74, 6) is 0.598. The molecule has 0 N–H and O–H groups in total. The van der Waals surface area contributed by atoms with E-state index in [0.717, 1.165) is 0 Å². The first-order valence-corrected chi connectivity index (χ1v) is 6.50. The fourth-order valence-electron chi connectivity index (χ4n) is 2.16. The summed E-state index contributed by atoms with van der Waals surface area (Å²) in [6, 6.07) is 9.64. The molecule has 0 fully saturated rings. The van der Waals surface area contributed by atoms with E-state index in [4.69, 9.17) is 9.47 Å². The highest BCUT2D eigenvalue weighted by atomic mass is 16.6. The van der Waals surface area contributed by atoms with E-state index < -0.39 is 9.85 Å². The topological polar surface area (TPSA) is 105 Å². The fourth-order valence-corrected chi connectivity index (χ4v) is 2.16. The molecule has 0 unspecified atom stereocenters. The minimum absolute atomic E-state index is 0.141. The Balaban J connectivity index is 2.47. The standard InChI is InChI=1S/C15H13N2O6/c1-22-14-8-11(13(17(20)21)9-15(14)23-2)6-10-4-3-5-12(7-10)16(18)19/h3-4,7-9H,6H2,1-2H3. The predicted octanol–water partition coefficient (Wildman–Crippen LogP) is 2.91. The molecule has 1 radical (unpaired) electrons. The Morgan fingerprint density at radius 1 is 1.04 bits per heavy atom. The van der Waals surface area contributed by atoms with Gasteiger partial charge in [0.2, 0.25) is 0 Å². The Kier molecular flexibility index (Phi) is 4.75. The molecule has 0 heterocycles. The SMILES string of the molecule is COc1cc(Cc2cc[c]c([N+](=O)[O-])c2)c([N+](=O)[O-])cc1OC. The lowest BCUT2D eigenvalue weighted by Gasteiger charge is -2.10. The maximum absolute atomic E-state index is 11.2. The highest BCUT2D eigenvalue weighted by Crippen LogP contribution is 2.35. The van der Waals surface area contributed by atoms with Crippen molar-refractivity contribution in [2.24, 2.45) is 0 Å². The molecule has 0 atom stereocenters. The summed E-state index contributed by atoms with van der Waals surface area (Å²) in [6.45, 7) is 0. The van der Waals surface area contributed by atoms with Crippen molar-refractivity contribution in [3.05, 3.63) is 67.8 Å². The Bertz CT molecular complexity index is 760. The van der Waals surface area contributed by atoms with Crippen LogP contribution in [0.3, 0.4) is 0 Å². The van der Waals surface area contributed by atoms with Crippen LogP contribution in [0.25, 0.3) is 0 Å². The maximum Gasteiger partial charge on any atom is 0.277 e. The van der Waals surface area contributed by atoms with Crippen molar-refractivity contribution in [3.8, 4) is 11.5 Å². The predicted molar refractivity (Wildman–Crippen MR) is 80.9 cm³/mol. The first kappa shape index (κ1) is 16.2. The summed E-state index contributed by atoms with van der Waals surface area (Å²) in [5.41, 5.74) is 0.600. The van der Waals surface area contributed by atoms with Crippen LogP contribution in [0.15, 0.2) is 30.3 Å². The van der Waals surface area contributed by atoms with Gasteiger partial charge in [-0.1, -0.05) is 6.07 Å². The summed E-state index contributed by atoms with van der Waals surface area (Å²) < 4.78 is 10.2. The number of ether oxygens (including phenoxy) is 2. The number of benzene rings is 2. The zero-order valence-electron chi connectivity index (χ0n) is 12.4. The zero-order chi connectivity index (χ0) is 17.0. The van der Waals surface area contributed by atoms with E-state index in [9.17, 15) is 20.2 Å². The number of hydrogen-bond donors (Lipinski definition) is 0. The number of non-ortho nitro benzene ring substituents is 1. The third kappa shape index (κ3) is 3.54. The van der Waals surface area contributed by atoms with Crippen LogP contribution in [0.1, 0.15) is 11.1 Å². The van der Waals surface area contributed by atoms with E-state index in [2.05, 4.69) is 6.07 Å². The van der Waals surface area contributed by atoms with E-state index in [1.165, 1.54) is 38.5 Å². The van der Waals surface area contributed by atoms with E-state index >= 15 is 0 Å². The molecule has 0 saturated heterocycles. The Hall–Kier alpha value is -3.16. The first-order valence-electron chi connectivity index (χ1n) is 6.50. The summed E-state index contributed by atoms with van der Waals surface area (Å²) in [4.78, 5) is 21.0. The quantitative estimate of drug-likeness (QED) is 0.599. The lowest BCUT2D eigenvalue weighted by atomic mass is 10.0. The van der Waals surface area contributed by atoms with Gasteiger partial charge in [-0.15, -0.1) is 0 Å². The highest BCUT2D eigenvalue weighted by Gasteiger charge is 2.20. The molecular formula is C15H13N2O6. The maximum atomic E-state index is 11.2. The Morgan fingerprint density at radius 3 is 2.26 bits per heavy atom. The molecule has 0 aliphatic heterocycles. The molecule has 0 saturated carbocycles. The molecule has 8 heteroatoms. The van der Waals surface area contributed by atoms with Gasteiger partial charge in [-0.25, -0.2) is 0 Å². The first-order chi connectivity index (χ1) is 11.0. The van der Waals surface area contributed by atoms with E-state index in [1.54, 1.807) is 6.07 Å². The fraction of sp³-hybridized carbons (Fsp3) is 0.200. The largest absolute Gasteiger partial charge is 0.493 e. The average Bonchev–Trinajstić information content (AvgIpc) is 2.54. The van der Waals surface area contributed by atoms with Crippen LogP contribution >= 0.6 is 0 Å². The van der Waals surface area contributed by atoms with Gasteiger partial charge in [0.05, 0.1) is 36.2 Å². The highest BCUT2D eigenvalue weighted by molar-refractivity contribution is 5.55. The molecule has 0 amide bonds. The molecule has 0 spiro atoms. The van der Waals surface area contributed by atoms with Crippen LogP contribution in [0, 0.1) is 26.3 Å². The molecule has 23 heavy (non-hydrogen) atoms. The number of nitrogens with zero attached hydrogens (tertiary/aromatic N) is 2. The minimum atomic E-state index is -0.563. The van der Waals surface area contributed by atoms with Crippen LogP contribution in [0.5, 0.6) is 11.5 Å². The molecule has 0 bridgehead atoms. The van der Waals surface area contributed by atoms with E-state index in [-0.39, 0.29) is 23.5 Å². The van der Waals surface area contributed by atoms with Gasteiger partial charge < -0.3 is 9.47 Å². The lowest BCUT2D eigenvalue weighted by Crippen LogP contribution is -2.00. The van der Waals surface area contributed by atoms with Gasteiger partial charge in [-0.2, -0.15) is 0 Å². The molecule has 2 aromatic carbocycles. The van der Waals surface area contributed by atoms with Crippen molar-refractivity contribution >= 4 is 11.4 Å². The van der Waals surface area contributed by atoms with E-state index in [1.807, 2.05) is 0 Å². The average molecular weight is 317 g/mol. The van der Waals surface area contributed by atoms with Crippen molar-refractivity contribution in [1.29, 1.82) is 0 Å². The third-order valence-electron chi connectivity index (χ3n) is 3.22. The number of nitro groups is 2. The lowest BCUT2D eigenvalue weighted by molar-refractivity contribution is -0.385. The number of methoxy groups -OCH3 is 2. The van der Waals surface area contributed by atoms with Gasteiger partial charge >= 0.3 is 0 Å². The van der Waals surface area contributed by atoms with Crippen LogP contribution in [0.4, 0.5) is 11.4 Å². The van der Waals surface area contributed by atoms with Crippen LogP contribution < -0.4 is 9.47 Å². The van der Waals surface area contributed by atoms with Crippen molar-refractivity contribution < 1.29 is 19.3 Å². The molecule has 0 aromatic heterocycles. The van der Waals surface area contributed by atoms with E-state index in [0.29, 0.717) is 16.9 Å². The summed E-state index contributed by atoms with van der Waals surface area (Å²) in [5, 5.41) is 22.0. The smallest absolute Gasteiger partial charge is 0.277 e. The monoisotopic (exact) mass is 317 g/mol. The summed E-state index contributed by atoms with van der Waals surface area (Å²) >= 11 is 0. The van der Waals surface area contributed by atoms with Crippen molar-refractivity contribution in [1.82, 2.24) is 0 Å². The van der Waals surface area contributed by atoms with Crippen molar-refractivity contribution in [2.75, 3.05) is 14.2 Å². The van der Waals surface area contributed by atoms with Gasteiger partial charge in [-0.3, -0.25) is 20.2 Å². The molecule has 2 rings (SSSR count). The molecular weight excluding hydrogens is 304 g/mol. The molecule has 0 aliphatic rings. The third-order valence-corrected chi connectivity index (χ3v) is 3.22. The van der Waals surface area contributed by atoms with Crippen LogP contribution in [-0.2, 0) is 6.42 Å². The molecule has 8 nitrogen and oxygen atoms in total. The van der Waals surface area contributed by atoms with Gasteiger partial charge in [0, 0.05) is 18.1 Å². The summed E-state index contributed by atoms with van der Waals surface area (Å²) in [6.07, 6.45) is 0.145. The van der Waals surface area contributed by atoms with Crippen molar-refractivity contribution in [3.63, 3.8) is 0 Å². The second-order valence-electron chi connectivity index (χ2n) is 4.61. The number of rotatable bonds is 6. The normalized spacial score (nSPS) is 10.2. The second kappa shape index (κ2) is 6.73. The van der Waals surface area contributed by atoms with Gasteiger partial charge in [0.15, 0.2) is 11.5 Å². The number of nitro benzene ring substituents is 2. The number of hydrogen-bond acceptors (Lipinski definition) is 6. The Morgan fingerprint density at radius 2 is 1.70 bits per heavy atom. The van der Waals surface area contributed by atoms with Crippen molar-refractivity contribution in [2.45, 2.75) is 6.42 Å². The van der Waals surface area contributed by atoms with Gasteiger partial charge in [-0.05, 0) is 17.7 Å². The van der Waals surface area contributed by atoms with Gasteiger partial charge in [0.25, 0.3) is 11.4 Å². The van der Waals surface area contributed by atoms with Crippen LogP contribution in [0.2, 0.25) is 0 Å². The minimum Gasteiger partial charge on any atom is -0.493 e. The summed E-state index contributed by atoms with van der Waals surface area (Å²) in [7, 11) is 2.81. The zero-order valence-corrected chi connectivity index (χ0v) is 12.4. The Labute approximate surface area is 131 Å². The molecule has 2 aromatic rings. The molecule has 0 aliphatic carbocycles. The van der Waals surface area contributed by atoms with Gasteiger partial charge in [0.1, 0.15) is 0 Å². The van der Waals surface area contributed by atoms with Crippen LogP contribution in [-0.4, -0.2) is 24.1 Å².